The summed E-state index contributed by atoms with van der Waals surface area (Å²) in [7, 11) is 0. The number of hydrogen-bond donors (Lipinski definition) is 3. The monoisotopic (exact) mass is 460 g/mol. The molecule has 2 aliphatic carbocycles. The molecule has 1 aromatic heterocycles. The number of H-pyrrole nitrogens is 1. The van der Waals surface area contributed by atoms with Gasteiger partial charge in [0, 0.05) is 23.4 Å². The summed E-state index contributed by atoms with van der Waals surface area (Å²) in [6.45, 7) is 6.05. The Labute approximate surface area is 200 Å². The number of aromatic amines is 1. The summed E-state index contributed by atoms with van der Waals surface area (Å²) in [6.07, 6.45) is 5.48. The fourth-order valence-corrected chi connectivity index (χ4v) is 4.84. The zero-order valence-corrected chi connectivity index (χ0v) is 20.1. The highest BCUT2D eigenvalue weighted by Gasteiger charge is 2.36. The van der Waals surface area contributed by atoms with Crippen LogP contribution in [-0.2, 0) is 17.6 Å². The van der Waals surface area contributed by atoms with Gasteiger partial charge in [0.2, 0.25) is 5.91 Å². The molecule has 1 heterocycles. The highest BCUT2D eigenvalue weighted by molar-refractivity contribution is 6.06. The van der Waals surface area contributed by atoms with Crippen LogP contribution in [0.25, 0.3) is 0 Å². The molecule has 0 bridgehead atoms. The van der Waals surface area contributed by atoms with E-state index >= 15 is 0 Å². The number of anilines is 1. The van der Waals surface area contributed by atoms with Crippen LogP contribution in [-0.4, -0.2) is 28.6 Å². The molecule has 0 spiro atoms. The van der Waals surface area contributed by atoms with Gasteiger partial charge in [0.1, 0.15) is 11.7 Å². The van der Waals surface area contributed by atoms with Crippen LogP contribution in [0.1, 0.15) is 90.5 Å². The quantitative estimate of drug-likeness (QED) is 0.537. The molecule has 2 amide bonds. The minimum Gasteiger partial charge on any atom is -0.354 e. The van der Waals surface area contributed by atoms with Gasteiger partial charge in [0.25, 0.3) is 5.91 Å². The summed E-state index contributed by atoms with van der Waals surface area (Å²) in [5.74, 6) is 0.0473. The molecular weight excluding hydrogens is 428 g/mol. The molecule has 0 unspecified atom stereocenters. The summed E-state index contributed by atoms with van der Waals surface area (Å²) in [5.41, 5.74) is 3.54. The number of benzene rings is 1. The minimum absolute atomic E-state index is 0.0715. The van der Waals surface area contributed by atoms with Crippen molar-refractivity contribution >= 4 is 23.3 Å². The van der Waals surface area contributed by atoms with Gasteiger partial charge < -0.3 is 15.6 Å². The fraction of sp³-hybridized carbons (Fsp3) is 0.481. The summed E-state index contributed by atoms with van der Waals surface area (Å²) < 4.78 is 0. The first-order valence-corrected chi connectivity index (χ1v) is 12.1. The molecule has 1 fully saturated rings. The van der Waals surface area contributed by atoms with Gasteiger partial charge in [-0.05, 0) is 66.8 Å². The van der Waals surface area contributed by atoms with Gasteiger partial charge in [0.05, 0.1) is 11.6 Å². The molecule has 1 aromatic carbocycles. The lowest BCUT2D eigenvalue weighted by atomic mass is 9.75. The minimum atomic E-state index is -0.694. The predicted molar refractivity (Wildman–Crippen MR) is 130 cm³/mol. The number of carbonyl (C=O) groups excluding carboxylic acids is 3. The molecule has 2 aromatic rings. The Morgan fingerprint density at radius 1 is 1.21 bits per heavy atom. The van der Waals surface area contributed by atoms with E-state index in [1.54, 1.807) is 24.3 Å². The van der Waals surface area contributed by atoms with E-state index in [2.05, 4.69) is 35.5 Å². The molecule has 3 N–H and O–H groups in total. The van der Waals surface area contributed by atoms with Crippen molar-refractivity contribution in [3.63, 3.8) is 0 Å². The number of Topliss-reactive ketones (excluding diaryl/α,β-unsaturated/α-hetero) is 1. The Hall–Kier alpha value is -3.40. The van der Waals surface area contributed by atoms with Gasteiger partial charge in [-0.25, -0.2) is 0 Å². The van der Waals surface area contributed by atoms with Crippen molar-refractivity contribution in [2.75, 3.05) is 5.32 Å². The molecule has 1 atom stereocenters. The van der Waals surface area contributed by atoms with E-state index in [4.69, 9.17) is 5.26 Å². The molecule has 0 aliphatic heterocycles. The van der Waals surface area contributed by atoms with Crippen LogP contribution in [0.5, 0.6) is 0 Å². The maximum Gasteiger partial charge on any atom is 0.268 e. The van der Waals surface area contributed by atoms with Crippen molar-refractivity contribution in [2.24, 2.45) is 11.3 Å². The van der Waals surface area contributed by atoms with Gasteiger partial charge in [-0.2, -0.15) is 5.26 Å². The van der Waals surface area contributed by atoms with Crippen molar-refractivity contribution < 1.29 is 14.4 Å². The number of nitrogens with one attached hydrogen (secondary N) is 3. The van der Waals surface area contributed by atoms with Crippen molar-refractivity contribution in [2.45, 2.75) is 71.8 Å². The number of carbonyl (C=O) groups is 3. The largest absolute Gasteiger partial charge is 0.354 e. The Bertz CT molecular complexity index is 1150. The highest BCUT2D eigenvalue weighted by atomic mass is 16.2. The Morgan fingerprint density at radius 2 is 1.91 bits per heavy atom. The lowest BCUT2D eigenvalue weighted by Gasteiger charge is -2.28. The molecule has 0 saturated heterocycles. The van der Waals surface area contributed by atoms with Crippen molar-refractivity contribution in [3.8, 4) is 6.07 Å². The molecule has 1 saturated carbocycles. The summed E-state index contributed by atoms with van der Waals surface area (Å²) in [5, 5.41) is 14.8. The molecule has 0 radical (unpaired) electrons. The second-order valence-corrected chi connectivity index (χ2v) is 10.4. The lowest BCUT2D eigenvalue weighted by Crippen LogP contribution is -2.44. The summed E-state index contributed by atoms with van der Waals surface area (Å²) in [6, 6.07) is 8.00. The number of fused-ring (bicyclic) bond motifs is 1. The van der Waals surface area contributed by atoms with Crippen LogP contribution in [0.2, 0.25) is 0 Å². The second-order valence-electron chi connectivity index (χ2n) is 10.4. The van der Waals surface area contributed by atoms with Crippen molar-refractivity contribution in [1.29, 1.82) is 5.26 Å². The average Bonchev–Trinajstić information content (AvgIpc) is 3.54. The topological polar surface area (TPSA) is 115 Å². The summed E-state index contributed by atoms with van der Waals surface area (Å²) in [4.78, 5) is 42.5. The third-order valence-electron chi connectivity index (χ3n) is 6.80. The molecule has 34 heavy (non-hydrogen) atoms. The van der Waals surface area contributed by atoms with Gasteiger partial charge >= 0.3 is 0 Å². The Morgan fingerprint density at radius 3 is 2.53 bits per heavy atom. The molecular formula is C27H32N4O3. The van der Waals surface area contributed by atoms with Crippen LogP contribution in [0.4, 0.5) is 5.69 Å². The number of rotatable bonds is 8. The molecule has 4 rings (SSSR count). The summed E-state index contributed by atoms with van der Waals surface area (Å²) >= 11 is 0. The van der Waals surface area contributed by atoms with Crippen LogP contribution >= 0.6 is 0 Å². The van der Waals surface area contributed by atoms with Crippen LogP contribution in [0, 0.1) is 22.7 Å². The van der Waals surface area contributed by atoms with Crippen LogP contribution in [0.15, 0.2) is 24.3 Å². The lowest BCUT2D eigenvalue weighted by molar-refractivity contribution is -0.118. The van der Waals surface area contributed by atoms with Crippen LogP contribution in [0.3, 0.4) is 0 Å². The molecule has 178 valence electrons. The molecule has 2 aliphatic rings. The van der Waals surface area contributed by atoms with E-state index in [9.17, 15) is 14.4 Å². The van der Waals surface area contributed by atoms with E-state index in [-0.39, 0.29) is 23.0 Å². The second kappa shape index (κ2) is 9.46. The highest BCUT2D eigenvalue weighted by Crippen LogP contribution is 2.37. The van der Waals surface area contributed by atoms with Gasteiger partial charge in [0.15, 0.2) is 5.78 Å². The fourth-order valence-electron chi connectivity index (χ4n) is 4.84. The number of nitrogens with zero attached hydrogens (tertiary/aromatic N) is 1. The first-order valence-electron chi connectivity index (χ1n) is 12.1. The Balaban J connectivity index is 1.54. The van der Waals surface area contributed by atoms with E-state index in [1.165, 1.54) is 12.8 Å². The van der Waals surface area contributed by atoms with Crippen LogP contribution < -0.4 is 10.6 Å². The predicted octanol–water partition coefficient (Wildman–Crippen LogP) is 4.53. The number of nitriles is 1. The number of aromatic nitrogens is 1. The number of ketones is 1. The third kappa shape index (κ3) is 5.22. The van der Waals surface area contributed by atoms with E-state index in [1.807, 2.05) is 6.92 Å². The smallest absolute Gasteiger partial charge is 0.268 e. The molecule has 7 nitrogen and oxygen atoms in total. The number of hydrogen-bond acceptors (Lipinski definition) is 4. The zero-order valence-electron chi connectivity index (χ0n) is 20.1. The first kappa shape index (κ1) is 23.7. The standard InChI is InChI=1S/C27H32N4O3/c1-4-19-23-21(13-27(2,3)14-22(23)32)30-24(19)26(34)31-20(12-9-16-5-6-16)25(33)29-18-10-7-17(15-28)8-11-18/h7-8,10-11,16,20,30H,4-6,9,12-14H2,1-3H3,(H,29,33)(H,31,34)/t20-/m0/s1. The maximum absolute atomic E-state index is 13.4. The van der Waals surface area contributed by atoms with Gasteiger partial charge in [-0.3, -0.25) is 14.4 Å². The normalized spacial score (nSPS) is 17.4. The van der Waals surface area contributed by atoms with E-state index in [0.29, 0.717) is 54.1 Å². The van der Waals surface area contributed by atoms with Crippen molar-refractivity contribution in [1.82, 2.24) is 10.3 Å². The van der Waals surface area contributed by atoms with Crippen molar-refractivity contribution in [3.05, 3.63) is 52.3 Å². The zero-order chi connectivity index (χ0) is 24.5. The average molecular weight is 461 g/mol. The van der Waals surface area contributed by atoms with Gasteiger partial charge in [-0.1, -0.05) is 33.6 Å². The number of amides is 2. The SMILES string of the molecule is CCc1c(C(=O)N[C@@H](CCC2CC2)C(=O)Nc2ccc(C#N)cc2)[nH]c2c1C(=O)CC(C)(C)C2. The first-order chi connectivity index (χ1) is 16.2. The molecule has 7 heteroatoms. The maximum atomic E-state index is 13.4. The van der Waals surface area contributed by atoms with E-state index in [0.717, 1.165) is 17.7 Å². The van der Waals surface area contributed by atoms with E-state index < -0.39 is 6.04 Å². The third-order valence-corrected chi connectivity index (χ3v) is 6.80. The van der Waals surface area contributed by atoms with Gasteiger partial charge in [-0.15, -0.1) is 0 Å². The Kier molecular flexibility index (Phi) is 6.60.